The van der Waals surface area contributed by atoms with E-state index in [9.17, 15) is 30.0 Å². The van der Waals surface area contributed by atoms with Crippen LogP contribution in [0.25, 0.3) is 4.13 Å². The zero-order valence-corrected chi connectivity index (χ0v) is 16.8. The number of fused-ring (bicyclic) bond motifs is 2. The van der Waals surface area contributed by atoms with Crippen LogP contribution < -0.4 is 0 Å². The molecule has 158 valence electrons. The molecule has 3 fully saturated rings. The van der Waals surface area contributed by atoms with E-state index in [0.717, 1.165) is 38.5 Å². The second-order valence-corrected chi connectivity index (χ2v) is 12.0. The van der Waals surface area contributed by atoms with Crippen molar-refractivity contribution in [3.63, 3.8) is 0 Å². The first-order valence-electron chi connectivity index (χ1n) is 9.78. The van der Waals surface area contributed by atoms with Gasteiger partial charge in [-0.15, -0.1) is 0 Å². The van der Waals surface area contributed by atoms with Crippen LogP contribution >= 0.6 is 0 Å². The smallest absolute Gasteiger partial charge is 0.428 e. The second kappa shape index (κ2) is 7.82. The number of nitrogens with zero attached hydrogens (tertiary/aromatic N) is 1. The molecule has 0 bridgehead atoms. The molecule has 3 rings (SSSR count). The van der Waals surface area contributed by atoms with Crippen LogP contribution in [-0.4, -0.2) is 28.1 Å². The molecule has 0 amide bonds. The molecule has 0 aromatic heterocycles. The molecule has 0 saturated heterocycles. The van der Waals surface area contributed by atoms with E-state index < -0.39 is 31.3 Å². The number of hydrogen-bond acceptors (Lipinski definition) is 4. The van der Waals surface area contributed by atoms with Gasteiger partial charge in [0.2, 0.25) is 0 Å². The minimum atomic E-state index is -6.02. The Labute approximate surface area is 159 Å². The Kier molecular flexibility index (Phi) is 6.18. The van der Waals surface area contributed by atoms with Crippen LogP contribution in [0.4, 0.5) is 13.2 Å². The molecule has 3 aliphatic rings. The normalized spacial score (nSPS) is 35.3. The lowest BCUT2D eigenvalue weighted by molar-refractivity contribution is -0.0425. The zero-order chi connectivity index (χ0) is 19.9. The molecule has 0 heterocycles. The standard InChI is InChI=1S/C17H27F3NO4S2/c18-17(19,20)27(24,25)21-26(22,23)10-9-16-14-7-3-1-5-12(14)11-13-6-2-4-8-15(13)16/h12-16H,1-11H2/q-1. The highest BCUT2D eigenvalue weighted by atomic mass is 32.3. The van der Waals surface area contributed by atoms with Gasteiger partial charge < -0.3 is 4.13 Å². The fourth-order valence-corrected chi connectivity index (χ4v) is 8.24. The number of sulfonamides is 2. The van der Waals surface area contributed by atoms with Gasteiger partial charge in [-0.05, 0) is 55.3 Å². The van der Waals surface area contributed by atoms with Gasteiger partial charge >= 0.3 is 5.51 Å². The van der Waals surface area contributed by atoms with E-state index in [4.69, 9.17) is 0 Å². The summed E-state index contributed by atoms with van der Waals surface area (Å²) in [6.45, 7) is 0. The Bertz CT molecular complexity index is 714. The summed E-state index contributed by atoms with van der Waals surface area (Å²) in [5, 5.41) is 0. The van der Waals surface area contributed by atoms with Gasteiger partial charge in [0.05, 0.1) is 10.0 Å². The van der Waals surface area contributed by atoms with Crippen molar-refractivity contribution in [1.82, 2.24) is 0 Å². The average Bonchev–Trinajstić information content (AvgIpc) is 2.56. The molecule has 0 spiro atoms. The van der Waals surface area contributed by atoms with Crippen LogP contribution in [0.15, 0.2) is 0 Å². The molecule has 5 nitrogen and oxygen atoms in total. The molecule has 4 unspecified atom stereocenters. The summed E-state index contributed by atoms with van der Waals surface area (Å²) in [6.07, 6.45) is 10.3. The van der Waals surface area contributed by atoms with Crippen LogP contribution in [-0.2, 0) is 20.0 Å². The van der Waals surface area contributed by atoms with Crippen LogP contribution in [0.5, 0.6) is 0 Å². The highest BCUT2D eigenvalue weighted by Gasteiger charge is 2.46. The minimum Gasteiger partial charge on any atom is -0.428 e. The molecule has 3 saturated carbocycles. The van der Waals surface area contributed by atoms with E-state index in [0.29, 0.717) is 23.7 Å². The van der Waals surface area contributed by atoms with Crippen molar-refractivity contribution in [3.8, 4) is 0 Å². The Balaban J connectivity index is 1.72. The quantitative estimate of drug-likeness (QED) is 0.640. The van der Waals surface area contributed by atoms with Crippen LogP contribution in [0.2, 0.25) is 0 Å². The highest BCUT2D eigenvalue weighted by Crippen LogP contribution is 2.54. The van der Waals surface area contributed by atoms with Crippen molar-refractivity contribution < 1.29 is 30.0 Å². The molecular weight excluding hydrogens is 403 g/mol. The van der Waals surface area contributed by atoms with Gasteiger partial charge in [0, 0.05) is 5.75 Å². The van der Waals surface area contributed by atoms with Crippen molar-refractivity contribution >= 4 is 20.0 Å². The maximum Gasteiger partial charge on any atom is 0.480 e. The molecule has 0 radical (unpaired) electrons. The number of alkyl halides is 3. The fraction of sp³-hybridized carbons (Fsp3) is 1.00. The first kappa shape index (κ1) is 21.4. The van der Waals surface area contributed by atoms with E-state index in [1.807, 2.05) is 0 Å². The van der Waals surface area contributed by atoms with Gasteiger partial charge in [-0.3, -0.25) is 0 Å². The second-order valence-electron chi connectivity index (χ2n) is 8.39. The van der Waals surface area contributed by atoms with Gasteiger partial charge in [-0.25, -0.2) is 16.8 Å². The summed E-state index contributed by atoms with van der Waals surface area (Å²) >= 11 is 0. The molecule has 10 heteroatoms. The summed E-state index contributed by atoms with van der Waals surface area (Å²) in [7, 11) is -10.7. The lowest BCUT2D eigenvalue weighted by atomic mass is 9.54. The van der Waals surface area contributed by atoms with Gasteiger partial charge in [-0.1, -0.05) is 38.5 Å². The summed E-state index contributed by atoms with van der Waals surface area (Å²) in [6, 6.07) is 0. The average molecular weight is 431 g/mol. The van der Waals surface area contributed by atoms with Gasteiger partial charge in [0.15, 0.2) is 10.0 Å². The molecule has 0 aliphatic heterocycles. The number of hydrogen-bond donors (Lipinski definition) is 0. The molecule has 3 aliphatic carbocycles. The topological polar surface area (TPSA) is 82.4 Å². The third-order valence-electron chi connectivity index (χ3n) is 6.85. The Hall–Kier alpha value is -0.350. The summed E-state index contributed by atoms with van der Waals surface area (Å²) in [5.74, 6) is 1.48. The van der Waals surface area contributed by atoms with Crippen LogP contribution in [0, 0.1) is 29.6 Å². The predicted molar refractivity (Wildman–Crippen MR) is 95.7 cm³/mol. The molecule has 0 N–H and O–H groups in total. The monoisotopic (exact) mass is 430 g/mol. The number of halogens is 3. The van der Waals surface area contributed by atoms with E-state index in [1.54, 1.807) is 0 Å². The molecule has 0 aromatic carbocycles. The van der Waals surface area contributed by atoms with E-state index in [1.165, 1.54) is 19.3 Å². The summed E-state index contributed by atoms with van der Waals surface area (Å²) < 4.78 is 85.8. The summed E-state index contributed by atoms with van der Waals surface area (Å²) in [5.41, 5.74) is -5.69. The predicted octanol–water partition coefficient (Wildman–Crippen LogP) is 4.56. The van der Waals surface area contributed by atoms with Crippen molar-refractivity contribution in [2.24, 2.45) is 29.6 Å². The molecule has 27 heavy (non-hydrogen) atoms. The van der Waals surface area contributed by atoms with Crippen molar-refractivity contribution in [1.29, 1.82) is 0 Å². The molecular formula is C17H27F3NO4S2-. The first-order chi connectivity index (χ1) is 12.5. The van der Waals surface area contributed by atoms with E-state index >= 15 is 0 Å². The number of rotatable bonds is 5. The lowest BCUT2D eigenvalue weighted by Gasteiger charge is -2.51. The lowest BCUT2D eigenvalue weighted by Crippen LogP contribution is -2.43. The largest absolute Gasteiger partial charge is 0.480 e. The fourth-order valence-electron chi connectivity index (χ4n) is 5.83. The summed E-state index contributed by atoms with van der Waals surface area (Å²) in [4.78, 5) is 0. The Morgan fingerprint density at radius 1 is 0.815 bits per heavy atom. The van der Waals surface area contributed by atoms with Crippen molar-refractivity contribution in [3.05, 3.63) is 4.13 Å². The minimum absolute atomic E-state index is 0.146. The van der Waals surface area contributed by atoms with E-state index in [-0.39, 0.29) is 12.3 Å². The van der Waals surface area contributed by atoms with Crippen molar-refractivity contribution in [2.45, 2.75) is 69.7 Å². The van der Waals surface area contributed by atoms with Gasteiger partial charge in [0.1, 0.15) is 0 Å². The Morgan fingerprint density at radius 2 is 1.30 bits per heavy atom. The van der Waals surface area contributed by atoms with Gasteiger partial charge in [0.25, 0.3) is 0 Å². The maximum absolute atomic E-state index is 12.5. The highest BCUT2D eigenvalue weighted by molar-refractivity contribution is 8.12. The van der Waals surface area contributed by atoms with Crippen molar-refractivity contribution in [2.75, 3.05) is 5.75 Å². The van der Waals surface area contributed by atoms with Crippen LogP contribution in [0.3, 0.4) is 0 Å². The third-order valence-corrected chi connectivity index (χ3v) is 9.88. The SMILES string of the molecule is O=S(=O)(CCC1C2CCCCC2CC2CCCCC21)[N-]S(=O)(=O)C(F)(F)F. The maximum atomic E-state index is 12.5. The zero-order valence-electron chi connectivity index (χ0n) is 15.2. The third kappa shape index (κ3) is 4.80. The van der Waals surface area contributed by atoms with Crippen LogP contribution in [0.1, 0.15) is 64.2 Å². The Morgan fingerprint density at radius 3 is 1.78 bits per heavy atom. The van der Waals surface area contributed by atoms with E-state index in [2.05, 4.69) is 4.13 Å². The van der Waals surface area contributed by atoms with Gasteiger partial charge in [-0.2, -0.15) is 13.2 Å². The molecule has 0 aromatic rings. The molecule has 4 atom stereocenters. The first-order valence-corrected chi connectivity index (χ1v) is 12.8.